The first-order valence-electron chi connectivity index (χ1n) is 15.0. The molecule has 0 aromatic carbocycles. The molecule has 4 aliphatic carbocycles. The average Bonchev–Trinajstić information content (AvgIpc) is 3.05. The molecule has 0 aliphatic heterocycles. The summed E-state index contributed by atoms with van der Waals surface area (Å²) in [7, 11) is 0. The van der Waals surface area contributed by atoms with Crippen molar-refractivity contribution in [3.05, 3.63) is 12.2 Å². The topological polar surface area (TPSA) is 26.3 Å². The Morgan fingerprint density at radius 1 is 0.886 bits per heavy atom. The zero-order valence-electron chi connectivity index (χ0n) is 24.6. The van der Waals surface area contributed by atoms with Crippen molar-refractivity contribution in [1.82, 2.24) is 0 Å². The highest BCUT2D eigenvalue weighted by Gasteiger charge is 2.67. The lowest BCUT2D eigenvalue weighted by Crippen LogP contribution is -2.62. The molecule has 0 heterocycles. The van der Waals surface area contributed by atoms with Crippen LogP contribution in [0, 0.1) is 57.2 Å². The fraction of sp³-hybridized carbons (Fsp3) is 0.909. The number of rotatable bonds is 6. The number of fused-ring (bicyclic) bond motifs is 5. The molecule has 4 rings (SSSR count). The lowest BCUT2D eigenvalue weighted by atomic mass is 9.38. The van der Waals surface area contributed by atoms with E-state index in [0.717, 1.165) is 30.1 Å². The summed E-state index contributed by atoms with van der Waals surface area (Å²) in [4.78, 5) is 11.8. The molecule has 4 aliphatic rings. The number of hydrogen-bond acceptors (Lipinski definition) is 2. The third-order valence-corrected chi connectivity index (χ3v) is 13.2. The van der Waals surface area contributed by atoms with Gasteiger partial charge in [-0.3, -0.25) is 4.79 Å². The number of hydrogen-bond donors (Lipinski definition) is 0. The number of allylic oxidation sites excluding steroid dienone is 1. The van der Waals surface area contributed by atoms with Gasteiger partial charge in [0, 0.05) is 12.3 Å². The molecule has 0 unspecified atom stereocenters. The van der Waals surface area contributed by atoms with E-state index in [-0.39, 0.29) is 17.5 Å². The van der Waals surface area contributed by atoms with Crippen LogP contribution in [0.3, 0.4) is 0 Å². The van der Waals surface area contributed by atoms with Gasteiger partial charge in [0.05, 0.1) is 0 Å². The van der Waals surface area contributed by atoms with E-state index in [4.69, 9.17) is 4.74 Å². The Morgan fingerprint density at radius 3 is 2.17 bits per heavy atom. The summed E-state index contributed by atoms with van der Waals surface area (Å²) in [6.07, 6.45) is 13.2. The van der Waals surface area contributed by atoms with Gasteiger partial charge in [-0.25, -0.2) is 0 Å². The van der Waals surface area contributed by atoms with Crippen molar-refractivity contribution < 1.29 is 9.53 Å². The van der Waals surface area contributed by atoms with Crippen LogP contribution in [0.15, 0.2) is 12.2 Å². The first kappa shape index (κ1) is 27.3. The summed E-state index contributed by atoms with van der Waals surface area (Å²) in [5, 5.41) is 0. The average molecular weight is 485 g/mol. The molecule has 0 aromatic heterocycles. The Labute approximate surface area is 217 Å². The Hall–Kier alpha value is -0.790. The molecule has 35 heavy (non-hydrogen) atoms. The predicted molar refractivity (Wildman–Crippen MR) is 147 cm³/mol. The van der Waals surface area contributed by atoms with Crippen LogP contribution in [-0.2, 0) is 9.53 Å². The lowest BCUT2D eigenvalue weighted by Gasteiger charge is -2.67. The number of ether oxygens (including phenoxy) is 1. The van der Waals surface area contributed by atoms with E-state index < -0.39 is 0 Å². The fourth-order valence-corrected chi connectivity index (χ4v) is 10.8. The minimum atomic E-state index is -0.107. The molecule has 0 spiro atoms. The fourth-order valence-electron chi connectivity index (χ4n) is 10.8. The maximum atomic E-state index is 11.8. The molecule has 2 nitrogen and oxygen atoms in total. The van der Waals surface area contributed by atoms with Gasteiger partial charge in [-0.15, -0.1) is 0 Å². The zero-order valence-corrected chi connectivity index (χ0v) is 24.6. The van der Waals surface area contributed by atoms with Gasteiger partial charge in [-0.2, -0.15) is 0 Å². The molecule has 4 fully saturated rings. The first-order valence-corrected chi connectivity index (χ1v) is 15.0. The van der Waals surface area contributed by atoms with Gasteiger partial charge in [0.1, 0.15) is 6.10 Å². The van der Waals surface area contributed by atoms with Crippen LogP contribution in [0.4, 0.5) is 0 Å². The zero-order chi connectivity index (χ0) is 26.0. The molecular weight excluding hydrogens is 428 g/mol. The quantitative estimate of drug-likeness (QED) is 0.277. The molecular formula is C33H56O2. The second-order valence-electron chi connectivity index (χ2n) is 15.2. The molecule has 2 heteroatoms. The van der Waals surface area contributed by atoms with Crippen LogP contribution in [0.5, 0.6) is 0 Å². The van der Waals surface area contributed by atoms with E-state index in [0.29, 0.717) is 28.1 Å². The minimum Gasteiger partial charge on any atom is -0.462 e. The summed E-state index contributed by atoms with van der Waals surface area (Å²) in [5.74, 6) is 4.48. The van der Waals surface area contributed by atoms with E-state index in [2.05, 4.69) is 62.0 Å². The molecule has 200 valence electrons. The lowest BCUT2D eigenvalue weighted by molar-refractivity contribution is -0.209. The summed E-state index contributed by atoms with van der Waals surface area (Å²) < 4.78 is 5.89. The van der Waals surface area contributed by atoms with Crippen LogP contribution in [0.1, 0.15) is 127 Å². The van der Waals surface area contributed by atoms with Crippen molar-refractivity contribution >= 4 is 5.97 Å². The van der Waals surface area contributed by atoms with Gasteiger partial charge in [-0.1, -0.05) is 67.5 Å². The van der Waals surface area contributed by atoms with E-state index in [1.54, 1.807) is 6.92 Å². The van der Waals surface area contributed by atoms with Gasteiger partial charge in [0.25, 0.3) is 0 Å². The molecule has 4 saturated carbocycles. The molecule has 0 N–H and O–H groups in total. The second-order valence-corrected chi connectivity index (χ2v) is 15.2. The molecule has 0 amide bonds. The Balaban J connectivity index is 1.54. The highest BCUT2D eigenvalue weighted by atomic mass is 16.5. The van der Waals surface area contributed by atoms with Crippen molar-refractivity contribution in [3.63, 3.8) is 0 Å². The number of carbonyl (C=O) groups excluding carboxylic acids is 1. The third-order valence-electron chi connectivity index (χ3n) is 13.2. The second kappa shape index (κ2) is 9.20. The van der Waals surface area contributed by atoms with E-state index in [1.165, 1.54) is 63.4 Å². The van der Waals surface area contributed by atoms with Crippen LogP contribution >= 0.6 is 0 Å². The molecule has 0 bridgehead atoms. The summed E-state index contributed by atoms with van der Waals surface area (Å²) >= 11 is 0. The van der Waals surface area contributed by atoms with Crippen molar-refractivity contribution in [2.75, 3.05) is 0 Å². The largest absolute Gasteiger partial charge is 0.462 e. The Morgan fingerprint density at radius 2 is 1.54 bits per heavy atom. The van der Waals surface area contributed by atoms with Gasteiger partial charge >= 0.3 is 5.97 Å². The Kier molecular flexibility index (Phi) is 7.16. The first-order chi connectivity index (χ1) is 16.2. The molecule has 0 radical (unpaired) electrons. The SMILES string of the molecule is C=C(CC[C@@H](C)[C@@H]1CC[C@]2(C)[C@H]3CC[C@H]4C(C)(C)[C@@H](OC(C)=O)CC[C@]4(C)[C@@H]3CC[C@@]12C)C(C)C. The predicted octanol–water partition coefficient (Wildman–Crippen LogP) is 9.23. The van der Waals surface area contributed by atoms with Gasteiger partial charge in [-0.05, 0) is 116 Å². The summed E-state index contributed by atoms with van der Waals surface area (Å²) in [6, 6.07) is 0. The molecule has 0 aromatic rings. The van der Waals surface area contributed by atoms with Gasteiger partial charge < -0.3 is 4.74 Å². The maximum absolute atomic E-state index is 11.8. The van der Waals surface area contributed by atoms with Crippen LogP contribution in [0.25, 0.3) is 0 Å². The van der Waals surface area contributed by atoms with Crippen molar-refractivity contribution in [2.45, 2.75) is 133 Å². The highest BCUT2D eigenvalue weighted by Crippen LogP contribution is 2.74. The van der Waals surface area contributed by atoms with Crippen molar-refractivity contribution in [1.29, 1.82) is 0 Å². The molecule has 9 atom stereocenters. The van der Waals surface area contributed by atoms with E-state index in [9.17, 15) is 4.79 Å². The minimum absolute atomic E-state index is 0.0663. The van der Waals surface area contributed by atoms with Crippen LogP contribution in [-0.4, -0.2) is 12.1 Å². The van der Waals surface area contributed by atoms with Crippen LogP contribution < -0.4 is 0 Å². The van der Waals surface area contributed by atoms with Crippen molar-refractivity contribution in [3.8, 4) is 0 Å². The highest BCUT2D eigenvalue weighted by molar-refractivity contribution is 5.66. The molecule has 0 saturated heterocycles. The van der Waals surface area contributed by atoms with Gasteiger partial charge in [0.15, 0.2) is 0 Å². The monoisotopic (exact) mass is 484 g/mol. The summed E-state index contributed by atoms with van der Waals surface area (Å²) in [6.45, 7) is 25.9. The maximum Gasteiger partial charge on any atom is 0.302 e. The smallest absolute Gasteiger partial charge is 0.302 e. The van der Waals surface area contributed by atoms with Gasteiger partial charge in [0.2, 0.25) is 0 Å². The van der Waals surface area contributed by atoms with E-state index in [1.807, 2.05) is 0 Å². The number of carbonyl (C=O) groups is 1. The van der Waals surface area contributed by atoms with Crippen LogP contribution in [0.2, 0.25) is 0 Å². The normalized spacial score (nSPS) is 45.3. The summed E-state index contributed by atoms with van der Waals surface area (Å²) in [5.41, 5.74) is 2.82. The Bertz CT molecular complexity index is 825. The van der Waals surface area contributed by atoms with Crippen molar-refractivity contribution in [2.24, 2.45) is 57.2 Å². The van der Waals surface area contributed by atoms with E-state index >= 15 is 0 Å². The third kappa shape index (κ3) is 4.16. The standard InChI is InChI=1S/C33H56O2/c1-21(2)22(3)11-12-23(4)25-15-19-33(10)27-13-14-28-30(6,7)29(35-24(5)34)17-18-31(28,8)26(27)16-20-32(25,33)9/h21,23,25-29H,3,11-20H2,1-2,4-10H3/t23-,25+,26-,27+,28+,29+,31-,32+,33-/m1/s1. The number of esters is 1.